The number of benzene rings is 2. The van der Waals surface area contributed by atoms with Crippen molar-refractivity contribution < 1.29 is 28.5 Å². The van der Waals surface area contributed by atoms with Crippen molar-refractivity contribution in [3.05, 3.63) is 47.5 Å². The van der Waals surface area contributed by atoms with E-state index in [1.165, 1.54) is 5.56 Å². The number of nitrogens with zero attached hydrogens (tertiary/aromatic N) is 2. The van der Waals surface area contributed by atoms with Crippen LogP contribution < -0.4 is 23.7 Å². The smallest absolute Gasteiger partial charge is 0.246 e. The molecule has 2 aliphatic rings. The molecule has 2 aromatic carbocycles. The van der Waals surface area contributed by atoms with Crippen molar-refractivity contribution >= 4 is 12.0 Å². The normalized spacial score (nSPS) is 16.0. The van der Waals surface area contributed by atoms with E-state index in [2.05, 4.69) is 11.0 Å². The summed E-state index contributed by atoms with van der Waals surface area (Å²) in [5.41, 5.74) is 1.98. The largest absolute Gasteiger partial charge is 0.493 e. The molecule has 2 aliphatic heterocycles. The lowest BCUT2D eigenvalue weighted by Crippen LogP contribution is -2.47. The molecule has 8 nitrogen and oxygen atoms in total. The van der Waals surface area contributed by atoms with Crippen LogP contribution in [-0.2, 0) is 11.3 Å². The van der Waals surface area contributed by atoms with Gasteiger partial charge in [0.15, 0.2) is 23.0 Å². The Morgan fingerprint density at radius 3 is 2.21 bits per heavy atom. The first-order valence-corrected chi connectivity index (χ1v) is 11.0. The Balaban J connectivity index is 1.33. The predicted molar refractivity (Wildman–Crippen MR) is 124 cm³/mol. The van der Waals surface area contributed by atoms with E-state index in [0.29, 0.717) is 43.6 Å². The van der Waals surface area contributed by atoms with Gasteiger partial charge in [-0.2, -0.15) is 0 Å². The summed E-state index contributed by atoms with van der Waals surface area (Å²) < 4.78 is 27.4. The van der Waals surface area contributed by atoms with E-state index >= 15 is 0 Å². The Kier molecular flexibility index (Phi) is 7.24. The van der Waals surface area contributed by atoms with Gasteiger partial charge in [-0.3, -0.25) is 9.69 Å². The van der Waals surface area contributed by atoms with Gasteiger partial charge in [-0.15, -0.1) is 0 Å². The minimum atomic E-state index is -0.0114. The van der Waals surface area contributed by atoms with E-state index in [4.69, 9.17) is 23.7 Å². The second-order valence-electron chi connectivity index (χ2n) is 7.87. The molecule has 1 saturated heterocycles. The highest BCUT2D eigenvalue weighted by Gasteiger charge is 2.21. The highest BCUT2D eigenvalue weighted by Crippen LogP contribution is 2.38. The van der Waals surface area contributed by atoms with E-state index in [9.17, 15) is 4.79 Å². The van der Waals surface area contributed by atoms with Crippen molar-refractivity contribution in [3.8, 4) is 28.7 Å². The molecule has 176 valence electrons. The number of amides is 1. The van der Waals surface area contributed by atoms with Crippen molar-refractivity contribution in [2.75, 3.05) is 60.7 Å². The number of piperazine rings is 1. The van der Waals surface area contributed by atoms with Crippen molar-refractivity contribution in [2.24, 2.45) is 0 Å². The first kappa shape index (κ1) is 22.8. The zero-order chi connectivity index (χ0) is 23.2. The van der Waals surface area contributed by atoms with Crippen LogP contribution in [0.1, 0.15) is 11.1 Å². The molecule has 0 N–H and O–H groups in total. The number of hydrogen-bond donors (Lipinski definition) is 0. The van der Waals surface area contributed by atoms with Gasteiger partial charge in [0.25, 0.3) is 0 Å². The molecule has 2 heterocycles. The van der Waals surface area contributed by atoms with Crippen LogP contribution in [0.4, 0.5) is 0 Å². The highest BCUT2D eigenvalue weighted by molar-refractivity contribution is 5.92. The Bertz CT molecular complexity index is 989. The molecule has 33 heavy (non-hydrogen) atoms. The van der Waals surface area contributed by atoms with Gasteiger partial charge in [0.2, 0.25) is 11.7 Å². The molecule has 1 fully saturated rings. The van der Waals surface area contributed by atoms with E-state index in [-0.39, 0.29) is 5.91 Å². The molecule has 8 heteroatoms. The van der Waals surface area contributed by atoms with Gasteiger partial charge in [0.1, 0.15) is 13.2 Å². The average Bonchev–Trinajstić information content (AvgIpc) is 2.86. The average molecular weight is 455 g/mol. The summed E-state index contributed by atoms with van der Waals surface area (Å²) in [4.78, 5) is 16.9. The molecule has 2 aromatic rings. The molecule has 4 rings (SSSR count). The SMILES string of the molecule is COc1cc(C=CC(=O)N2CCN(Cc3ccc4c(c3)OCCO4)CC2)cc(OC)c1OC. The first-order chi connectivity index (χ1) is 16.1. The molecule has 0 radical (unpaired) electrons. The van der Waals surface area contributed by atoms with Gasteiger partial charge >= 0.3 is 0 Å². The Morgan fingerprint density at radius 1 is 0.909 bits per heavy atom. The molecule has 1 amide bonds. The van der Waals surface area contributed by atoms with Crippen LogP contribution in [0, 0.1) is 0 Å². The molecular formula is C25H30N2O6. The van der Waals surface area contributed by atoms with Crippen LogP contribution >= 0.6 is 0 Å². The summed E-state index contributed by atoms with van der Waals surface area (Å²) in [6.45, 7) is 5.00. The summed E-state index contributed by atoms with van der Waals surface area (Å²) in [6.07, 6.45) is 3.37. The van der Waals surface area contributed by atoms with E-state index in [0.717, 1.165) is 36.7 Å². The van der Waals surface area contributed by atoms with Gasteiger partial charge in [0.05, 0.1) is 21.3 Å². The second-order valence-corrected chi connectivity index (χ2v) is 7.87. The predicted octanol–water partition coefficient (Wildman–Crippen LogP) is 2.84. The van der Waals surface area contributed by atoms with Crippen LogP contribution in [0.3, 0.4) is 0 Å². The fourth-order valence-electron chi connectivity index (χ4n) is 4.04. The molecule has 0 bridgehead atoms. The van der Waals surface area contributed by atoms with E-state index in [1.807, 2.05) is 29.2 Å². The van der Waals surface area contributed by atoms with Gasteiger partial charge in [-0.1, -0.05) is 6.07 Å². The maximum absolute atomic E-state index is 12.7. The van der Waals surface area contributed by atoms with Crippen LogP contribution in [0.15, 0.2) is 36.4 Å². The molecule has 0 saturated carbocycles. The van der Waals surface area contributed by atoms with Crippen molar-refractivity contribution in [1.29, 1.82) is 0 Å². The summed E-state index contributed by atoms with van der Waals surface area (Å²) in [5.74, 6) is 3.23. The van der Waals surface area contributed by atoms with Gasteiger partial charge in [0, 0.05) is 38.8 Å². The van der Waals surface area contributed by atoms with Gasteiger partial charge in [-0.05, 0) is 41.5 Å². The van der Waals surface area contributed by atoms with Crippen LogP contribution in [0.2, 0.25) is 0 Å². The van der Waals surface area contributed by atoms with Gasteiger partial charge in [-0.25, -0.2) is 0 Å². The number of methoxy groups -OCH3 is 3. The minimum absolute atomic E-state index is 0.0114. The second kappa shape index (κ2) is 10.5. The lowest BCUT2D eigenvalue weighted by molar-refractivity contribution is -0.127. The number of carbonyl (C=O) groups is 1. The fraction of sp³-hybridized carbons (Fsp3) is 0.400. The summed E-state index contributed by atoms with van der Waals surface area (Å²) >= 11 is 0. The quantitative estimate of drug-likeness (QED) is 0.596. The Morgan fingerprint density at radius 2 is 1.58 bits per heavy atom. The Labute approximate surface area is 194 Å². The van der Waals surface area contributed by atoms with E-state index < -0.39 is 0 Å². The maximum atomic E-state index is 12.7. The lowest BCUT2D eigenvalue weighted by Gasteiger charge is -2.34. The number of rotatable bonds is 7. The molecule has 0 atom stereocenters. The summed E-state index contributed by atoms with van der Waals surface area (Å²) in [5, 5.41) is 0. The van der Waals surface area contributed by atoms with Crippen molar-refractivity contribution in [3.63, 3.8) is 0 Å². The lowest BCUT2D eigenvalue weighted by atomic mass is 10.1. The molecule has 0 aromatic heterocycles. The van der Waals surface area contributed by atoms with Gasteiger partial charge < -0.3 is 28.6 Å². The van der Waals surface area contributed by atoms with Crippen molar-refractivity contribution in [2.45, 2.75) is 6.54 Å². The number of ether oxygens (including phenoxy) is 5. The highest BCUT2D eigenvalue weighted by atomic mass is 16.6. The third-order valence-corrected chi connectivity index (χ3v) is 5.80. The van der Waals surface area contributed by atoms with E-state index in [1.54, 1.807) is 33.5 Å². The molecular weight excluding hydrogens is 424 g/mol. The zero-order valence-corrected chi connectivity index (χ0v) is 19.3. The molecule has 0 unspecified atom stereocenters. The minimum Gasteiger partial charge on any atom is -0.493 e. The standard InChI is InChI=1S/C25H30N2O6/c1-29-22-14-18(15-23(30-2)25(22)31-3)5-7-24(28)27-10-8-26(9-11-27)17-19-4-6-20-21(16-19)33-13-12-32-20/h4-7,14-16H,8-13,17H2,1-3H3. The summed E-state index contributed by atoms with van der Waals surface area (Å²) in [7, 11) is 4.70. The number of fused-ring (bicyclic) bond motifs is 1. The monoisotopic (exact) mass is 454 g/mol. The number of carbonyl (C=O) groups excluding carboxylic acids is 1. The number of hydrogen-bond acceptors (Lipinski definition) is 7. The maximum Gasteiger partial charge on any atom is 0.246 e. The van der Waals surface area contributed by atoms with Crippen molar-refractivity contribution in [1.82, 2.24) is 9.80 Å². The summed E-state index contributed by atoms with van der Waals surface area (Å²) in [6, 6.07) is 9.72. The topological polar surface area (TPSA) is 69.7 Å². The third-order valence-electron chi connectivity index (χ3n) is 5.80. The molecule has 0 spiro atoms. The first-order valence-electron chi connectivity index (χ1n) is 11.0. The Hall–Kier alpha value is -3.39. The zero-order valence-electron chi connectivity index (χ0n) is 19.3. The molecule has 0 aliphatic carbocycles. The van der Waals surface area contributed by atoms with Crippen LogP contribution in [-0.4, -0.2) is 76.4 Å². The van der Waals surface area contributed by atoms with Crippen LogP contribution in [0.5, 0.6) is 28.7 Å². The fourth-order valence-corrected chi connectivity index (χ4v) is 4.04. The third kappa shape index (κ3) is 5.34. The van der Waals surface area contributed by atoms with Crippen LogP contribution in [0.25, 0.3) is 6.08 Å².